The SMILES string of the molecule is COCc1ccc(C(=O)NCc2cccnc2)o1. The van der Waals surface area contributed by atoms with Gasteiger partial charge >= 0.3 is 0 Å². The molecule has 5 nitrogen and oxygen atoms in total. The smallest absolute Gasteiger partial charge is 0.287 e. The summed E-state index contributed by atoms with van der Waals surface area (Å²) in [5.74, 6) is 0.663. The molecule has 2 heterocycles. The van der Waals surface area contributed by atoms with E-state index in [0.29, 0.717) is 18.9 Å². The van der Waals surface area contributed by atoms with Crippen molar-refractivity contribution in [2.75, 3.05) is 7.11 Å². The highest BCUT2D eigenvalue weighted by Gasteiger charge is 2.10. The molecule has 0 aromatic carbocycles. The van der Waals surface area contributed by atoms with Crippen LogP contribution in [0.5, 0.6) is 0 Å². The number of rotatable bonds is 5. The summed E-state index contributed by atoms with van der Waals surface area (Å²) < 4.78 is 10.2. The number of ether oxygens (including phenoxy) is 1. The molecule has 0 bridgehead atoms. The highest BCUT2D eigenvalue weighted by Crippen LogP contribution is 2.09. The molecule has 0 atom stereocenters. The van der Waals surface area contributed by atoms with E-state index in [2.05, 4.69) is 10.3 Å². The third-order valence-corrected chi connectivity index (χ3v) is 2.35. The van der Waals surface area contributed by atoms with E-state index in [4.69, 9.17) is 9.15 Å². The minimum atomic E-state index is -0.249. The topological polar surface area (TPSA) is 64.4 Å². The van der Waals surface area contributed by atoms with Gasteiger partial charge in [0.1, 0.15) is 12.4 Å². The number of nitrogens with one attached hydrogen (secondary N) is 1. The summed E-state index contributed by atoms with van der Waals surface area (Å²) in [4.78, 5) is 15.7. The van der Waals surface area contributed by atoms with E-state index in [9.17, 15) is 4.79 Å². The minimum Gasteiger partial charge on any atom is -0.453 e. The summed E-state index contributed by atoms with van der Waals surface area (Å²) in [7, 11) is 1.57. The Morgan fingerprint density at radius 1 is 1.44 bits per heavy atom. The number of hydrogen-bond donors (Lipinski definition) is 1. The summed E-state index contributed by atoms with van der Waals surface area (Å²) in [6.07, 6.45) is 3.40. The second kappa shape index (κ2) is 5.97. The molecular weight excluding hydrogens is 232 g/mol. The number of methoxy groups -OCH3 is 1. The van der Waals surface area contributed by atoms with Crippen LogP contribution in [0.1, 0.15) is 21.9 Å². The lowest BCUT2D eigenvalue weighted by atomic mass is 10.3. The third kappa shape index (κ3) is 3.18. The van der Waals surface area contributed by atoms with Gasteiger partial charge in [-0.15, -0.1) is 0 Å². The summed E-state index contributed by atoms with van der Waals surface area (Å²) in [5, 5.41) is 2.76. The first kappa shape index (κ1) is 12.3. The van der Waals surface area contributed by atoms with E-state index >= 15 is 0 Å². The van der Waals surface area contributed by atoms with Gasteiger partial charge in [0.15, 0.2) is 5.76 Å². The van der Waals surface area contributed by atoms with Gasteiger partial charge in [0.05, 0.1) is 0 Å². The molecule has 0 unspecified atom stereocenters. The molecule has 0 aliphatic carbocycles. The third-order valence-electron chi connectivity index (χ3n) is 2.35. The molecule has 0 aliphatic heterocycles. The standard InChI is InChI=1S/C13H14N2O3/c1-17-9-11-4-5-12(18-11)13(16)15-8-10-3-2-6-14-7-10/h2-7H,8-9H2,1H3,(H,15,16). The van der Waals surface area contributed by atoms with Crippen molar-refractivity contribution >= 4 is 5.91 Å². The predicted octanol–water partition coefficient (Wildman–Crippen LogP) is 1.75. The van der Waals surface area contributed by atoms with Gasteiger partial charge < -0.3 is 14.5 Å². The molecule has 18 heavy (non-hydrogen) atoms. The van der Waals surface area contributed by atoms with E-state index < -0.39 is 0 Å². The van der Waals surface area contributed by atoms with Crippen LogP contribution in [0.3, 0.4) is 0 Å². The number of carbonyl (C=O) groups excluding carboxylic acids is 1. The first-order chi connectivity index (χ1) is 8.79. The highest BCUT2D eigenvalue weighted by molar-refractivity contribution is 5.91. The van der Waals surface area contributed by atoms with Crippen molar-refractivity contribution in [1.29, 1.82) is 0 Å². The van der Waals surface area contributed by atoms with Crippen LogP contribution in [-0.4, -0.2) is 18.0 Å². The van der Waals surface area contributed by atoms with Gasteiger partial charge in [0.25, 0.3) is 5.91 Å². The van der Waals surface area contributed by atoms with Gasteiger partial charge in [-0.25, -0.2) is 0 Å². The maximum absolute atomic E-state index is 11.8. The van der Waals surface area contributed by atoms with Crippen LogP contribution in [-0.2, 0) is 17.9 Å². The minimum absolute atomic E-state index is 0.249. The zero-order valence-electron chi connectivity index (χ0n) is 10.1. The fraction of sp³-hybridized carbons (Fsp3) is 0.231. The zero-order chi connectivity index (χ0) is 12.8. The normalized spacial score (nSPS) is 10.3. The van der Waals surface area contributed by atoms with Crippen LogP contribution in [0.2, 0.25) is 0 Å². The number of nitrogens with zero attached hydrogens (tertiary/aromatic N) is 1. The molecule has 1 amide bonds. The van der Waals surface area contributed by atoms with Gasteiger partial charge in [-0.2, -0.15) is 0 Å². The van der Waals surface area contributed by atoms with E-state index in [1.165, 1.54) is 0 Å². The fourth-order valence-corrected chi connectivity index (χ4v) is 1.49. The number of hydrogen-bond acceptors (Lipinski definition) is 4. The maximum Gasteiger partial charge on any atom is 0.287 e. The molecule has 1 N–H and O–H groups in total. The van der Waals surface area contributed by atoms with E-state index in [1.54, 1.807) is 31.6 Å². The van der Waals surface area contributed by atoms with Crippen molar-refractivity contribution in [3.05, 3.63) is 53.7 Å². The molecule has 0 spiro atoms. The fourth-order valence-electron chi connectivity index (χ4n) is 1.49. The van der Waals surface area contributed by atoms with Crippen molar-refractivity contribution in [3.63, 3.8) is 0 Å². The Hall–Kier alpha value is -2.14. The first-order valence-corrected chi connectivity index (χ1v) is 5.54. The van der Waals surface area contributed by atoms with Crippen LogP contribution in [0.15, 0.2) is 41.1 Å². The quantitative estimate of drug-likeness (QED) is 0.873. The van der Waals surface area contributed by atoms with Crippen LogP contribution >= 0.6 is 0 Å². The predicted molar refractivity (Wildman–Crippen MR) is 64.8 cm³/mol. The van der Waals surface area contributed by atoms with E-state index in [-0.39, 0.29) is 11.7 Å². The number of amides is 1. The molecule has 0 saturated carbocycles. The monoisotopic (exact) mass is 246 g/mol. The molecule has 0 radical (unpaired) electrons. The Labute approximate surface area is 105 Å². The molecule has 94 valence electrons. The van der Waals surface area contributed by atoms with Crippen molar-refractivity contribution in [3.8, 4) is 0 Å². The molecule has 0 fully saturated rings. The molecule has 0 aliphatic rings. The lowest BCUT2D eigenvalue weighted by Crippen LogP contribution is -2.22. The molecule has 2 rings (SSSR count). The second-order valence-corrected chi connectivity index (χ2v) is 3.74. The largest absolute Gasteiger partial charge is 0.453 e. The van der Waals surface area contributed by atoms with E-state index in [0.717, 1.165) is 5.56 Å². The van der Waals surface area contributed by atoms with Crippen molar-refractivity contribution < 1.29 is 13.9 Å². The van der Waals surface area contributed by atoms with E-state index in [1.807, 2.05) is 12.1 Å². The maximum atomic E-state index is 11.8. The molecular formula is C13H14N2O3. The van der Waals surface area contributed by atoms with Gasteiger partial charge in [0.2, 0.25) is 0 Å². The zero-order valence-corrected chi connectivity index (χ0v) is 10.1. The first-order valence-electron chi connectivity index (χ1n) is 5.54. The van der Waals surface area contributed by atoms with Crippen LogP contribution in [0, 0.1) is 0 Å². The van der Waals surface area contributed by atoms with Crippen molar-refractivity contribution in [2.24, 2.45) is 0 Å². The summed E-state index contributed by atoms with van der Waals surface area (Å²) in [6.45, 7) is 0.781. The number of carbonyl (C=O) groups is 1. The Bertz CT molecular complexity index is 508. The Morgan fingerprint density at radius 2 is 2.33 bits per heavy atom. The highest BCUT2D eigenvalue weighted by atomic mass is 16.5. The summed E-state index contributed by atoms with van der Waals surface area (Å²) >= 11 is 0. The van der Waals surface area contributed by atoms with Crippen LogP contribution in [0.25, 0.3) is 0 Å². The lowest BCUT2D eigenvalue weighted by molar-refractivity contribution is 0.0914. The van der Waals surface area contributed by atoms with Crippen LogP contribution in [0.4, 0.5) is 0 Å². The van der Waals surface area contributed by atoms with Gasteiger partial charge in [0, 0.05) is 26.0 Å². The molecule has 5 heteroatoms. The Kier molecular flexibility index (Phi) is 4.09. The van der Waals surface area contributed by atoms with Crippen molar-refractivity contribution in [1.82, 2.24) is 10.3 Å². The van der Waals surface area contributed by atoms with Crippen molar-refractivity contribution in [2.45, 2.75) is 13.2 Å². The molecule has 2 aromatic heterocycles. The Balaban J connectivity index is 1.91. The van der Waals surface area contributed by atoms with Gasteiger partial charge in [-0.05, 0) is 23.8 Å². The Morgan fingerprint density at radius 3 is 3.06 bits per heavy atom. The number of furan rings is 1. The molecule has 2 aromatic rings. The van der Waals surface area contributed by atoms with Gasteiger partial charge in [-0.1, -0.05) is 6.07 Å². The number of aromatic nitrogens is 1. The summed E-state index contributed by atoms with van der Waals surface area (Å²) in [6, 6.07) is 7.08. The lowest BCUT2D eigenvalue weighted by Gasteiger charge is -2.02. The summed E-state index contributed by atoms with van der Waals surface area (Å²) in [5.41, 5.74) is 0.939. The average molecular weight is 246 g/mol. The average Bonchev–Trinajstić information content (AvgIpc) is 2.86. The second-order valence-electron chi connectivity index (χ2n) is 3.74. The number of pyridine rings is 1. The van der Waals surface area contributed by atoms with Crippen LogP contribution < -0.4 is 5.32 Å². The molecule has 0 saturated heterocycles. The van der Waals surface area contributed by atoms with Gasteiger partial charge in [-0.3, -0.25) is 9.78 Å².